The van der Waals surface area contributed by atoms with Gasteiger partial charge < -0.3 is 9.88 Å². The van der Waals surface area contributed by atoms with Crippen LogP contribution in [0.3, 0.4) is 0 Å². The predicted molar refractivity (Wildman–Crippen MR) is 93.2 cm³/mol. The van der Waals surface area contributed by atoms with Gasteiger partial charge in [0.25, 0.3) is 5.91 Å². The first kappa shape index (κ1) is 15.0. The Hall–Kier alpha value is -2.54. The summed E-state index contributed by atoms with van der Waals surface area (Å²) in [5.74, 6) is 1.07. The SMILES string of the molecule is O=C(Nc1cnc(C2CC2)nc1)c1cn(-c2ccc(Br)cc2)cn1. The number of imidazole rings is 1. The van der Waals surface area contributed by atoms with Crippen molar-refractivity contribution >= 4 is 27.5 Å². The Morgan fingerprint density at radius 1 is 1.12 bits per heavy atom. The van der Waals surface area contributed by atoms with E-state index in [9.17, 15) is 4.79 Å². The molecule has 120 valence electrons. The van der Waals surface area contributed by atoms with Crippen molar-refractivity contribution in [2.75, 3.05) is 5.32 Å². The normalized spacial score (nSPS) is 13.7. The highest BCUT2D eigenvalue weighted by Crippen LogP contribution is 2.37. The van der Waals surface area contributed by atoms with E-state index >= 15 is 0 Å². The maximum atomic E-state index is 12.3. The summed E-state index contributed by atoms with van der Waals surface area (Å²) in [6.07, 6.45) is 8.90. The molecule has 0 radical (unpaired) electrons. The van der Waals surface area contributed by atoms with Crippen LogP contribution in [0.1, 0.15) is 35.1 Å². The molecule has 0 saturated heterocycles. The number of aromatic nitrogens is 4. The molecule has 0 aliphatic heterocycles. The lowest BCUT2D eigenvalue weighted by atomic mass is 10.3. The molecule has 1 N–H and O–H groups in total. The van der Waals surface area contributed by atoms with E-state index in [2.05, 4.69) is 36.2 Å². The zero-order chi connectivity index (χ0) is 16.5. The number of amides is 1. The van der Waals surface area contributed by atoms with E-state index in [0.717, 1.165) is 28.8 Å². The molecule has 24 heavy (non-hydrogen) atoms. The number of carbonyl (C=O) groups is 1. The molecule has 2 aromatic heterocycles. The fourth-order valence-electron chi connectivity index (χ4n) is 2.34. The van der Waals surface area contributed by atoms with Gasteiger partial charge in [-0.05, 0) is 37.1 Å². The van der Waals surface area contributed by atoms with Gasteiger partial charge >= 0.3 is 0 Å². The molecule has 1 aliphatic rings. The largest absolute Gasteiger partial charge is 0.318 e. The van der Waals surface area contributed by atoms with Gasteiger partial charge in [0, 0.05) is 22.3 Å². The van der Waals surface area contributed by atoms with Gasteiger partial charge in [0.15, 0.2) is 0 Å². The van der Waals surface area contributed by atoms with Crippen LogP contribution in [0.5, 0.6) is 0 Å². The van der Waals surface area contributed by atoms with Crippen LogP contribution < -0.4 is 5.32 Å². The number of halogens is 1. The Morgan fingerprint density at radius 3 is 2.50 bits per heavy atom. The summed E-state index contributed by atoms with van der Waals surface area (Å²) in [4.78, 5) is 25.0. The summed E-state index contributed by atoms with van der Waals surface area (Å²) in [6.45, 7) is 0. The number of nitrogens with one attached hydrogen (secondary N) is 1. The zero-order valence-electron chi connectivity index (χ0n) is 12.7. The van der Waals surface area contributed by atoms with E-state index in [1.165, 1.54) is 0 Å². The third-order valence-corrected chi connectivity index (χ3v) is 4.34. The molecule has 0 bridgehead atoms. The van der Waals surface area contributed by atoms with Gasteiger partial charge in [-0.1, -0.05) is 15.9 Å². The molecule has 1 saturated carbocycles. The summed E-state index contributed by atoms with van der Waals surface area (Å²) >= 11 is 3.40. The van der Waals surface area contributed by atoms with Crippen molar-refractivity contribution < 1.29 is 4.79 Å². The lowest BCUT2D eigenvalue weighted by molar-refractivity contribution is 0.102. The van der Waals surface area contributed by atoms with Crippen molar-refractivity contribution in [3.63, 3.8) is 0 Å². The van der Waals surface area contributed by atoms with Crippen molar-refractivity contribution in [3.05, 3.63) is 65.2 Å². The molecule has 1 amide bonds. The minimum atomic E-state index is -0.284. The highest BCUT2D eigenvalue weighted by atomic mass is 79.9. The number of hydrogen-bond acceptors (Lipinski definition) is 4. The third kappa shape index (κ3) is 3.21. The summed E-state index contributed by atoms with van der Waals surface area (Å²) in [5.41, 5.74) is 1.84. The second-order valence-corrected chi connectivity index (χ2v) is 6.62. The van der Waals surface area contributed by atoms with Crippen LogP contribution in [-0.4, -0.2) is 25.4 Å². The van der Waals surface area contributed by atoms with Crippen LogP contribution in [0.25, 0.3) is 5.69 Å². The van der Waals surface area contributed by atoms with Gasteiger partial charge in [0.2, 0.25) is 0 Å². The number of benzene rings is 1. The van der Waals surface area contributed by atoms with Crippen LogP contribution in [0.4, 0.5) is 5.69 Å². The van der Waals surface area contributed by atoms with Crippen LogP contribution >= 0.6 is 15.9 Å². The highest BCUT2D eigenvalue weighted by molar-refractivity contribution is 9.10. The molecule has 1 fully saturated rings. The second-order valence-electron chi connectivity index (χ2n) is 5.70. The number of hydrogen-bond donors (Lipinski definition) is 1. The first-order valence-electron chi connectivity index (χ1n) is 7.62. The van der Waals surface area contributed by atoms with E-state index in [1.54, 1.807) is 29.5 Å². The van der Waals surface area contributed by atoms with Crippen LogP contribution in [0.15, 0.2) is 53.7 Å². The smallest absolute Gasteiger partial charge is 0.275 e. The van der Waals surface area contributed by atoms with Crippen molar-refractivity contribution in [2.45, 2.75) is 18.8 Å². The van der Waals surface area contributed by atoms with E-state index in [1.807, 2.05) is 24.3 Å². The Morgan fingerprint density at radius 2 is 1.83 bits per heavy atom. The van der Waals surface area contributed by atoms with E-state index in [-0.39, 0.29) is 5.91 Å². The standard InChI is InChI=1S/C17H14BrN5O/c18-12-3-5-14(6-4-12)23-9-15(21-10-23)17(24)22-13-7-19-16(20-8-13)11-1-2-11/h3-11H,1-2H2,(H,22,24). The zero-order valence-corrected chi connectivity index (χ0v) is 14.3. The Labute approximate surface area is 147 Å². The van der Waals surface area contributed by atoms with Crippen molar-refractivity contribution in [3.8, 4) is 5.69 Å². The molecule has 4 rings (SSSR count). The van der Waals surface area contributed by atoms with Crippen LogP contribution in [0, 0.1) is 0 Å². The topological polar surface area (TPSA) is 72.7 Å². The molecule has 3 aromatic rings. The minimum Gasteiger partial charge on any atom is -0.318 e. The van der Waals surface area contributed by atoms with E-state index < -0.39 is 0 Å². The van der Waals surface area contributed by atoms with Crippen LogP contribution in [0.2, 0.25) is 0 Å². The number of carbonyl (C=O) groups excluding carboxylic acids is 1. The Bertz CT molecular complexity index is 869. The Balaban J connectivity index is 1.47. The first-order chi connectivity index (χ1) is 11.7. The fourth-order valence-corrected chi connectivity index (χ4v) is 2.61. The first-order valence-corrected chi connectivity index (χ1v) is 8.41. The van der Waals surface area contributed by atoms with Gasteiger partial charge in [0.1, 0.15) is 17.8 Å². The average Bonchev–Trinajstić information content (AvgIpc) is 3.33. The molecule has 7 heteroatoms. The quantitative estimate of drug-likeness (QED) is 0.747. The maximum absolute atomic E-state index is 12.3. The summed E-state index contributed by atoms with van der Waals surface area (Å²) in [5, 5.41) is 2.77. The van der Waals surface area contributed by atoms with Crippen molar-refractivity contribution in [1.29, 1.82) is 0 Å². The van der Waals surface area contributed by atoms with Crippen molar-refractivity contribution in [2.24, 2.45) is 0 Å². The average molecular weight is 384 g/mol. The number of rotatable bonds is 4. The molecular formula is C17H14BrN5O. The van der Waals surface area contributed by atoms with Gasteiger partial charge in [-0.3, -0.25) is 4.79 Å². The van der Waals surface area contributed by atoms with E-state index in [0.29, 0.717) is 17.3 Å². The van der Waals surface area contributed by atoms with Crippen molar-refractivity contribution in [1.82, 2.24) is 19.5 Å². The lowest BCUT2D eigenvalue weighted by Crippen LogP contribution is -2.13. The monoisotopic (exact) mass is 383 g/mol. The lowest BCUT2D eigenvalue weighted by Gasteiger charge is -2.03. The van der Waals surface area contributed by atoms with E-state index in [4.69, 9.17) is 0 Å². The van der Waals surface area contributed by atoms with Gasteiger partial charge in [0.05, 0.1) is 18.1 Å². The highest BCUT2D eigenvalue weighted by Gasteiger charge is 2.26. The number of nitrogens with zero attached hydrogens (tertiary/aromatic N) is 4. The summed E-state index contributed by atoms with van der Waals surface area (Å²) in [6, 6.07) is 7.76. The maximum Gasteiger partial charge on any atom is 0.275 e. The summed E-state index contributed by atoms with van der Waals surface area (Å²) in [7, 11) is 0. The fraction of sp³-hybridized carbons (Fsp3) is 0.176. The molecule has 0 spiro atoms. The molecule has 2 heterocycles. The molecule has 1 aliphatic carbocycles. The molecular weight excluding hydrogens is 370 g/mol. The van der Waals surface area contributed by atoms with Gasteiger partial charge in [-0.2, -0.15) is 0 Å². The third-order valence-electron chi connectivity index (χ3n) is 3.81. The van der Waals surface area contributed by atoms with Gasteiger partial charge in [-0.25, -0.2) is 15.0 Å². The molecule has 0 unspecified atom stereocenters. The predicted octanol–water partition coefficient (Wildman–Crippen LogP) is 3.55. The molecule has 6 nitrogen and oxygen atoms in total. The molecule has 1 aromatic carbocycles. The van der Waals surface area contributed by atoms with Gasteiger partial charge in [-0.15, -0.1) is 0 Å². The minimum absolute atomic E-state index is 0.284. The second kappa shape index (κ2) is 6.16. The number of anilines is 1. The Kier molecular flexibility index (Phi) is 3.86. The van der Waals surface area contributed by atoms with Crippen LogP contribution in [-0.2, 0) is 0 Å². The summed E-state index contributed by atoms with van der Waals surface area (Å²) < 4.78 is 2.80. The molecule has 0 atom stereocenters.